The monoisotopic (exact) mass is 649 g/mol. The van der Waals surface area contributed by atoms with Crippen LogP contribution in [0.4, 0.5) is 0 Å². The van der Waals surface area contributed by atoms with Crippen LogP contribution in [0.2, 0.25) is 0 Å². The van der Waals surface area contributed by atoms with Crippen LogP contribution >= 0.6 is 0 Å². The molecular formula is C49H32O. The average molecular weight is 650 g/mol. The van der Waals surface area contributed by atoms with Crippen molar-refractivity contribution in [2.24, 2.45) is 0 Å². The van der Waals surface area contributed by atoms with Crippen LogP contribution in [-0.4, -0.2) is 0 Å². The van der Waals surface area contributed by atoms with Gasteiger partial charge in [0.15, 0.2) is 0 Å². The lowest BCUT2D eigenvalue weighted by molar-refractivity contribution is 0.670. The van der Waals surface area contributed by atoms with Crippen LogP contribution in [0.5, 0.6) is 0 Å². The van der Waals surface area contributed by atoms with E-state index in [1.165, 1.54) is 0 Å². The van der Waals surface area contributed by atoms with Crippen molar-refractivity contribution in [2.75, 3.05) is 0 Å². The van der Waals surface area contributed by atoms with Gasteiger partial charge in [-0.05, 0) is 102 Å². The molecular weight excluding hydrogens is 605 g/mol. The maximum atomic E-state index is 9.25. The van der Waals surface area contributed by atoms with Crippen molar-refractivity contribution < 1.29 is 22.2 Å². The van der Waals surface area contributed by atoms with Gasteiger partial charge in [-0.15, -0.1) is 0 Å². The first-order valence-corrected chi connectivity index (χ1v) is 16.2. The summed E-state index contributed by atoms with van der Waals surface area (Å²) in [4.78, 5) is 0. The standard InChI is InChI=1S/C49H32O/c1-3-12-32(13-4-1)28-46-40-16-7-9-18-43(40)48(44-19-10-8-17-41(44)46)38-25-24-34-29-35(22-23-36(34)30-38)37-26-27-42-45-21-11-20-39(33-14-5-2-6-15-33)49(45)50-47(42)31-37/h1-27,29-31H,28H2/i1D,3D,4D,7D,8D,9D,10D,12D,13D,16D,17D,18D,19D. The Morgan fingerprint density at radius 2 is 1.06 bits per heavy atom. The van der Waals surface area contributed by atoms with E-state index in [4.69, 9.17) is 16.8 Å². The minimum Gasteiger partial charge on any atom is -0.455 e. The fraction of sp³-hybridized carbons (Fsp3) is 0.0204. The summed E-state index contributed by atoms with van der Waals surface area (Å²) in [7, 11) is 0. The van der Waals surface area contributed by atoms with Gasteiger partial charge < -0.3 is 4.42 Å². The van der Waals surface area contributed by atoms with Gasteiger partial charge >= 0.3 is 0 Å². The predicted octanol–water partition coefficient (Wildman–Crippen LogP) is 13.6. The third-order valence-corrected chi connectivity index (χ3v) is 9.43. The van der Waals surface area contributed by atoms with E-state index in [-0.39, 0.29) is 38.2 Å². The molecule has 1 heterocycles. The number of benzene rings is 9. The normalized spacial score (nSPS) is 15.3. The van der Waals surface area contributed by atoms with Crippen LogP contribution in [0.25, 0.3) is 87.6 Å². The molecule has 50 heavy (non-hydrogen) atoms. The summed E-state index contributed by atoms with van der Waals surface area (Å²) in [5.41, 5.74) is 5.82. The van der Waals surface area contributed by atoms with Gasteiger partial charge in [0.05, 0.1) is 17.8 Å². The molecule has 0 N–H and O–H groups in total. The Bertz CT molecular complexity index is 3520. The molecule has 0 aliphatic heterocycles. The Hall–Kier alpha value is -6.44. The topological polar surface area (TPSA) is 13.1 Å². The highest BCUT2D eigenvalue weighted by molar-refractivity contribution is 6.16. The molecule has 0 saturated carbocycles. The second kappa shape index (κ2) is 11.6. The summed E-state index contributed by atoms with van der Waals surface area (Å²) in [6, 6.07) is 26.6. The van der Waals surface area contributed by atoms with Crippen molar-refractivity contribution in [3.63, 3.8) is 0 Å². The van der Waals surface area contributed by atoms with Crippen LogP contribution in [0.15, 0.2) is 186 Å². The zero-order chi connectivity index (χ0) is 44.3. The van der Waals surface area contributed by atoms with Gasteiger partial charge in [-0.2, -0.15) is 0 Å². The maximum Gasteiger partial charge on any atom is 0.143 e. The first kappa shape index (κ1) is 18.4. The van der Waals surface area contributed by atoms with E-state index in [1.54, 1.807) is 6.07 Å². The lowest BCUT2D eigenvalue weighted by atomic mass is 9.86. The molecule has 0 amide bonds. The summed E-state index contributed by atoms with van der Waals surface area (Å²) in [6.45, 7) is 0. The minimum absolute atomic E-state index is 0.00979. The molecule has 0 spiro atoms. The Morgan fingerprint density at radius 1 is 0.440 bits per heavy atom. The summed E-state index contributed by atoms with van der Waals surface area (Å²) in [6.07, 6.45) is -0.484. The lowest BCUT2D eigenvalue weighted by Crippen LogP contribution is -1.95. The molecule has 234 valence electrons. The molecule has 10 aromatic rings. The largest absolute Gasteiger partial charge is 0.455 e. The molecule has 9 aromatic carbocycles. The summed E-state index contributed by atoms with van der Waals surface area (Å²) >= 11 is 0. The molecule has 0 aliphatic rings. The van der Waals surface area contributed by atoms with E-state index in [1.807, 2.05) is 72.8 Å². The number of hydrogen-bond donors (Lipinski definition) is 0. The van der Waals surface area contributed by atoms with Gasteiger partial charge in [0.25, 0.3) is 0 Å². The smallest absolute Gasteiger partial charge is 0.143 e. The number of fused-ring (bicyclic) bond motifs is 6. The molecule has 0 saturated heterocycles. The Labute approximate surface area is 308 Å². The van der Waals surface area contributed by atoms with E-state index in [9.17, 15) is 5.48 Å². The van der Waals surface area contributed by atoms with Crippen LogP contribution in [0, 0.1) is 0 Å². The molecule has 0 atom stereocenters. The van der Waals surface area contributed by atoms with E-state index in [0.29, 0.717) is 5.56 Å². The van der Waals surface area contributed by atoms with E-state index in [0.717, 1.165) is 55.0 Å². The molecule has 1 nitrogen and oxygen atoms in total. The van der Waals surface area contributed by atoms with Gasteiger partial charge in [-0.25, -0.2) is 0 Å². The number of para-hydroxylation sites is 1. The lowest BCUT2D eigenvalue weighted by Gasteiger charge is -2.18. The fourth-order valence-electron chi connectivity index (χ4n) is 7.11. The summed E-state index contributed by atoms with van der Waals surface area (Å²) in [5.74, 6) is 0. The Balaban J connectivity index is 1.18. The van der Waals surface area contributed by atoms with Gasteiger partial charge in [-0.1, -0.05) is 157 Å². The van der Waals surface area contributed by atoms with Gasteiger partial charge in [0.1, 0.15) is 11.2 Å². The van der Waals surface area contributed by atoms with Gasteiger partial charge in [-0.3, -0.25) is 0 Å². The number of rotatable bonds is 5. The van der Waals surface area contributed by atoms with E-state index >= 15 is 0 Å². The predicted molar refractivity (Wildman–Crippen MR) is 212 cm³/mol. The quantitative estimate of drug-likeness (QED) is 0.169. The Kier molecular flexibility index (Phi) is 4.26. The van der Waals surface area contributed by atoms with Gasteiger partial charge in [0, 0.05) is 16.3 Å². The first-order valence-electron chi connectivity index (χ1n) is 22.7. The highest BCUT2D eigenvalue weighted by Crippen LogP contribution is 2.42. The zero-order valence-corrected chi connectivity index (χ0v) is 26.4. The zero-order valence-electron chi connectivity index (χ0n) is 39.4. The van der Waals surface area contributed by atoms with E-state index in [2.05, 4.69) is 24.3 Å². The minimum atomic E-state index is -0.615. The highest BCUT2D eigenvalue weighted by Gasteiger charge is 2.17. The fourth-order valence-corrected chi connectivity index (χ4v) is 7.11. The molecule has 0 fully saturated rings. The van der Waals surface area contributed by atoms with E-state index < -0.39 is 85.0 Å². The van der Waals surface area contributed by atoms with Crippen molar-refractivity contribution in [3.8, 4) is 33.4 Å². The molecule has 0 radical (unpaired) electrons. The highest BCUT2D eigenvalue weighted by atomic mass is 16.3. The van der Waals surface area contributed by atoms with Crippen molar-refractivity contribution in [1.29, 1.82) is 0 Å². The number of furan rings is 1. The molecule has 10 rings (SSSR count). The maximum absolute atomic E-state index is 9.25. The number of hydrogen-bond acceptors (Lipinski definition) is 1. The van der Waals surface area contributed by atoms with Crippen molar-refractivity contribution in [3.05, 3.63) is 193 Å². The SMILES string of the molecule is [2H]c1c([2H])c([2H])c(Cc2c3c([2H])c([2H])c([2H])c([2H])c3c(-c3ccc4cc(-c5ccc6c(c5)oc5c(-c7ccccc7)cccc56)ccc4c3)c3c([2H])c([2H])c([2H])c([2H])c23)c([2H])c1[2H]. The molecule has 0 unspecified atom stereocenters. The van der Waals surface area contributed by atoms with Crippen LogP contribution in [-0.2, 0) is 6.42 Å². The van der Waals surface area contributed by atoms with Crippen molar-refractivity contribution >= 4 is 54.3 Å². The third kappa shape index (κ3) is 4.70. The molecule has 0 aliphatic carbocycles. The van der Waals surface area contributed by atoms with Crippen LogP contribution < -0.4 is 0 Å². The third-order valence-electron chi connectivity index (χ3n) is 9.43. The second-order valence-corrected chi connectivity index (χ2v) is 12.3. The molecule has 1 heteroatoms. The summed E-state index contributed by atoms with van der Waals surface area (Å²) in [5, 5.41) is 3.40. The van der Waals surface area contributed by atoms with Crippen molar-refractivity contribution in [2.45, 2.75) is 6.42 Å². The van der Waals surface area contributed by atoms with Gasteiger partial charge in [0.2, 0.25) is 0 Å². The summed E-state index contributed by atoms with van der Waals surface area (Å²) < 4.78 is 120. The second-order valence-electron chi connectivity index (χ2n) is 12.3. The Morgan fingerprint density at radius 3 is 1.80 bits per heavy atom. The molecule has 0 bridgehead atoms. The first-order chi connectivity index (χ1) is 30.2. The van der Waals surface area contributed by atoms with Crippen LogP contribution in [0.1, 0.15) is 28.9 Å². The van der Waals surface area contributed by atoms with Crippen LogP contribution in [0.3, 0.4) is 0 Å². The van der Waals surface area contributed by atoms with Crippen molar-refractivity contribution in [1.82, 2.24) is 0 Å². The average Bonchev–Trinajstić information content (AvgIpc) is 3.69. The molecule has 1 aromatic heterocycles.